The smallest absolute Gasteiger partial charge is 0.0472 e. The first-order valence-corrected chi connectivity index (χ1v) is 7.46. The van der Waals surface area contributed by atoms with Gasteiger partial charge >= 0.3 is 0 Å². The number of aromatic nitrogens is 1. The maximum Gasteiger partial charge on any atom is 0.0472 e. The van der Waals surface area contributed by atoms with Crippen molar-refractivity contribution >= 4 is 53.3 Å². The summed E-state index contributed by atoms with van der Waals surface area (Å²) in [6.45, 7) is 0. The predicted octanol–water partition coefficient (Wildman–Crippen LogP) is 5.49. The van der Waals surface area contributed by atoms with Gasteiger partial charge in [-0.1, -0.05) is 30.3 Å². The van der Waals surface area contributed by atoms with Crippen molar-refractivity contribution in [2.75, 3.05) is 0 Å². The fraction of sp³-hybridized carbons (Fsp3) is 0. The second kappa shape index (κ2) is 3.62. The summed E-state index contributed by atoms with van der Waals surface area (Å²) in [7, 11) is 0. The molecule has 1 nitrogen and oxygen atoms in total. The van der Waals surface area contributed by atoms with E-state index in [0.717, 1.165) is 0 Å². The van der Waals surface area contributed by atoms with Crippen molar-refractivity contribution in [3.63, 3.8) is 0 Å². The molecule has 0 spiro atoms. The van der Waals surface area contributed by atoms with E-state index in [1.165, 1.54) is 42.0 Å². The minimum atomic E-state index is 1.20. The lowest BCUT2D eigenvalue weighted by molar-refractivity contribution is 1.55. The van der Waals surface area contributed by atoms with Gasteiger partial charge in [0.05, 0.1) is 0 Å². The topological polar surface area (TPSA) is 15.8 Å². The first kappa shape index (κ1) is 10.5. The minimum absolute atomic E-state index is 1.20. The van der Waals surface area contributed by atoms with Gasteiger partial charge in [0, 0.05) is 42.0 Å². The third kappa shape index (κ3) is 1.22. The lowest BCUT2D eigenvalue weighted by atomic mass is 10.1. The number of aromatic amines is 1. The maximum atomic E-state index is 3.52. The Morgan fingerprint density at radius 3 is 2.75 bits per heavy atom. The van der Waals surface area contributed by atoms with Crippen LogP contribution in [0.2, 0.25) is 0 Å². The monoisotopic (exact) mass is 272 g/mol. The van der Waals surface area contributed by atoms with Gasteiger partial charge in [-0.15, -0.1) is 11.3 Å². The van der Waals surface area contributed by atoms with Gasteiger partial charge < -0.3 is 4.98 Å². The highest BCUT2D eigenvalue weighted by molar-refractivity contribution is 7.26. The van der Waals surface area contributed by atoms with Crippen LogP contribution in [-0.2, 0) is 0 Å². The molecule has 1 N–H and O–H groups in total. The average molecular weight is 272 g/mol. The predicted molar refractivity (Wildman–Crippen MR) is 87.5 cm³/mol. The number of nitrogens with one attached hydrogen (secondary N) is 1. The number of benzene rings is 3. The van der Waals surface area contributed by atoms with E-state index in [9.17, 15) is 0 Å². The minimum Gasteiger partial charge on any atom is -0.354 e. The number of fused-ring (bicyclic) bond motifs is 7. The second-order valence-corrected chi connectivity index (χ2v) is 6.13. The zero-order valence-corrected chi connectivity index (χ0v) is 11.4. The largest absolute Gasteiger partial charge is 0.354 e. The van der Waals surface area contributed by atoms with Crippen LogP contribution in [0.5, 0.6) is 0 Å². The molecule has 0 unspecified atom stereocenters. The third-order valence-corrected chi connectivity index (χ3v) is 5.04. The molecule has 0 aliphatic rings. The molecule has 2 heterocycles. The van der Waals surface area contributed by atoms with E-state index < -0.39 is 0 Å². The van der Waals surface area contributed by atoms with Crippen LogP contribution >= 0.6 is 11.3 Å². The lowest BCUT2D eigenvalue weighted by Crippen LogP contribution is -1.70. The molecule has 0 aliphatic carbocycles. The summed E-state index contributed by atoms with van der Waals surface area (Å²) in [5.74, 6) is 0. The Hall–Kier alpha value is -2.32. The van der Waals surface area contributed by atoms with E-state index in [2.05, 4.69) is 59.6 Å². The van der Waals surface area contributed by atoms with Crippen molar-refractivity contribution in [1.29, 1.82) is 0 Å². The highest BCUT2D eigenvalue weighted by Gasteiger charge is 2.12. The summed E-state index contributed by atoms with van der Waals surface area (Å²) in [6, 6.07) is 22.6. The SMILES string of the molecule is [c]1cccc2sc3ccc4[nH]c5ccccc5c4c3c12. The zero-order valence-electron chi connectivity index (χ0n) is 10.6. The van der Waals surface area contributed by atoms with Gasteiger partial charge in [-0.05, 0) is 30.3 Å². The molecule has 20 heavy (non-hydrogen) atoms. The van der Waals surface area contributed by atoms with Crippen LogP contribution in [0.15, 0.2) is 54.6 Å². The van der Waals surface area contributed by atoms with Gasteiger partial charge in [0.25, 0.3) is 0 Å². The molecular formula is C18H10NS. The van der Waals surface area contributed by atoms with Crippen molar-refractivity contribution in [2.45, 2.75) is 0 Å². The van der Waals surface area contributed by atoms with Crippen LogP contribution < -0.4 is 0 Å². The zero-order chi connectivity index (χ0) is 13.1. The Balaban J connectivity index is 2.19. The molecule has 5 aromatic rings. The Morgan fingerprint density at radius 2 is 1.75 bits per heavy atom. The fourth-order valence-corrected chi connectivity index (χ4v) is 4.17. The number of para-hydroxylation sites is 1. The molecule has 0 fully saturated rings. The van der Waals surface area contributed by atoms with E-state index in [1.807, 2.05) is 17.4 Å². The van der Waals surface area contributed by atoms with Crippen LogP contribution in [-0.4, -0.2) is 4.98 Å². The molecular weight excluding hydrogens is 262 g/mol. The number of hydrogen-bond acceptors (Lipinski definition) is 1. The molecule has 0 saturated heterocycles. The molecule has 0 bridgehead atoms. The normalized spacial score (nSPS) is 12.0. The number of hydrogen-bond donors (Lipinski definition) is 1. The average Bonchev–Trinajstić information content (AvgIpc) is 3.04. The molecule has 0 atom stereocenters. The summed E-state index contributed by atoms with van der Waals surface area (Å²) in [6.07, 6.45) is 0. The Kier molecular flexibility index (Phi) is 1.89. The van der Waals surface area contributed by atoms with Crippen molar-refractivity contribution in [2.24, 2.45) is 0 Å². The van der Waals surface area contributed by atoms with E-state index in [0.29, 0.717) is 0 Å². The van der Waals surface area contributed by atoms with Crippen molar-refractivity contribution < 1.29 is 0 Å². The molecule has 0 amide bonds. The Morgan fingerprint density at radius 1 is 0.800 bits per heavy atom. The van der Waals surface area contributed by atoms with E-state index in [-0.39, 0.29) is 0 Å². The summed E-state index contributed by atoms with van der Waals surface area (Å²) < 4.78 is 2.64. The highest BCUT2D eigenvalue weighted by Crippen LogP contribution is 2.40. The lowest BCUT2D eigenvalue weighted by Gasteiger charge is -1.96. The first-order valence-electron chi connectivity index (χ1n) is 6.64. The molecule has 5 rings (SSSR count). The number of thiophene rings is 1. The van der Waals surface area contributed by atoms with Crippen molar-refractivity contribution in [1.82, 2.24) is 4.98 Å². The van der Waals surface area contributed by atoms with E-state index >= 15 is 0 Å². The van der Waals surface area contributed by atoms with Crippen molar-refractivity contribution in [3.8, 4) is 0 Å². The molecule has 2 aromatic heterocycles. The van der Waals surface area contributed by atoms with Gasteiger partial charge in [0.15, 0.2) is 0 Å². The summed E-state index contributed by atoms with van der Waals surface area (Å²) in [5, 5.41) is 5.19. The van der Waals surface area contributed by atoms with Crippen LogP contribution in [0.3, 0.4) is 0 Å². The number of rotatable bonds is 0. The van der Waals surface area contributed by atoms with Crippen LogP contribution in [0.1, 0.15) is 0 Å². The quantitative estimate of drug-likeness (QED) is 0.383. The molecule has 3 aromatic carbocycles. The molecule has 0 aliphatic heterocycles. The Bertz CT molecular complexity index is 1010. The van der Waals surface area contributed by atoms with Gasteiger partial charge in [-0.25, -0.2) is 0 Å². The molecule has 1 radical (unpaired) electrons. The summed E-state index contributed by atoms with van der Waals surface area (Å²) in [4.78, 5) is 3.52. The van der Waals surface area contributed by atoms with Gasteiger partial charge in [-0.2, -0.15) is 0 Å². The second-order valence-electron chi connectivity index (χ2n) is 5.04. The highest BCUT2D eigenvalue weighted by atomic mass is 32.1. The Labute approximate surface area is 119 Å². The molecule has 2 heteroatoms. The summed E-state index contributed by atoms with van der Waals surface area (Å²) in [5.41, 5.74) is 2.40. The van der Waals surface area contributed by atoms with E-state index in [1.54, 1.807) is 0 Å². The van der Waals surface area contributed by atoms with Gasteiger partial charge in [-0.3, -0.25) is 0 Å². The maximum absolute atomic E-state index is 3.52. The fourth-order valence-electron chi connectivity index (χ4n) is 3.08. The number of H-pyrrole nitrogens is 1. The van der Waals surface area contributed by atoms with E-state index in [4.69, 9.17) is 0 Å². The van der Waals surface area contributed by atoms with Crippen LogP contribution in [0.25, 0.3) is 42.0 Å². The molecule has 93 valence electrons. The third-order valence-electron chi connectivity index (χ3n) is 3.92. The van der Waals surface area contributed by atoms with Crippen LogP contribution in [0, 0.1) is 6.07 Å². The van der Waals surface area contributed by atoms with Gasteiger partial charge in [0.1, 0.15) is 0 Å². The molecule has 0 saturated carbocycles. The summed E-state index contributed by atoms with van der Waals surface area (Å²) >= 11 is 1.84. The van der Waals surface area contributed by atoms with Crippen molar-refractivity contribution in [3.05, 3.63) is 60.7 Å². The van der Waals surface area contributed by atoms with Gasteiger partial charge in [0.2, 0.25) is 0 Å². The standard InChI is InChI=1S/C18H10NS/c1-3-7-13-11(5-1)17-14(19-13)9-10-16-18(17)12-6-2-4-8-15(12)20-16/h1-5,7-10,19H. The van der Waals surface area contributed by atoms with Crippen LogP contribution in [0.4, 0.5) is 0 Å². The first-order chi connectivity index (χ1) is 9.92.